The number of fused-ring (bicyclic) bond motifs is 1. The number of aromatic nitrogens is 1. The molecule has 26 heavy (non-hydrogen) atoms. The summed E-state index contributed by atoms with van der Waals surface area (Å²) in [5.74, 6) is 0.632. The molecule has 0 saturated carbocycles. The normalized spacial score (nSPS) is 14.4. The Labute approximate surface area is 155 Å². The van der Waals surface area contributed by atoms with E-state index in [2.05, 4.69) is 40.7 Å². The minimum atomic E-state index is -0.135. The summed E-state index contributed by atoms with van der Waals surface area (Å²) < 4.78 is 4.93. The fourth-order valence-electron chi connectivity index (χ4n) is 3.31. The van der Waals surface area contributed by atoms with E-state index in [9.17, 15) is 4.79 Å². The Hall–Kier alpha value is -2.40. The van der Waals surface area contributed by atoms with Crippen molar-refractivity contribution in [3.05, 3.63) is 58.8 Å². The maximum Gasteiger partial charge on any atom is 0.252 e. The predicted molar refractivity (Wildman–Crippen MR) is 104 cm³/mol. The van der Waals surface area contributed by atoms with Gasteiger partial charge in [-0.25, -0.2) is 4.98 Å². The van der Waals surface area contributed by atoms with Crippen LogP contribution < -0.4 is 10.6 Å². The van der Waals surface area contributed by atoms with Gasteiger partial charge in [0.2, 0.25) is 0 Å². The number of nitrogens with one attached hydrogen (secondary N) is 2. The second-order valence-corrected chi connectivity index (χ2v) is 6.78. The van der Waals surface area contributed by atoms with Gasteiger partial charge in [0, 0.05) is 25.9 Å². The van der Waals surface area contributed by atoms with Crippen LogP contribution in [0.2, 0.25) is 0 Å². The summed E-state index contributed by atoms with van der Waals surface area (Å²) in [6.45, 7) is 3.12. The van der Waals surface area contributed by atoms with Gasteiger partial charge in [0.25, 0.3) is 5.91 Å². The van der Waals surface area contributed by atoms with Crippen molar-refractivity contribution < 1.29 is 9.53 Å². The minimum absolute atomic E-state index is 0.135. The summed E-state index contributed by atoms with van der Waals surface area (Å²) in [4.78, 5) is 16.4. The Bertz CT molecular complexity index is 743. The van der Waals surface area contributed by atoms with Gasteiger partial charge >= 0.3 is 0 Å². The van der Waals surface area contributed by atoms with Crippen LogP contribution in [-0.2, 0) is 17.6 Å². The van der Waals surface area contributed by atoms with Crippen LogP contribution in [0.5, 0.6) is 0 Å². The minimum Gasteiger partial charge on any atom is -0.383 e. The van der Waals surface area contributed by atoms with Crippen LogP contribution >= 0.6 is 0 Å². The third kappa shape index (κ3) is 4.61. The monoisotopic (exact) mass is 353 g/mol. The molecule has 0 aliphatic heterocycles. The quantitative estimate of drug-likeness (QED) is 0.748. The summed E-state index contributed by atoms with van der Waals surface area (Å²) in [6, 6.07) is 10.6. The maximum atomic E-state index is 12.0. The van der Waals surface area contributed by atoms with Crippen molar-refractivity contribution in [3.8, 4) is 0 Å². The van der Waals surface area contributed by atoms with E-state index >= 15 is 0 Å². The first-order chi connectivity index (χ1) is 12.7. The zero-order valence-electron chi connectivity index (χ0n) is 15.5. The van der Waals surface area contributed by atoms with Gasteiger partial charge in [-0.1, -0.05) is 18.2 Å². The molecule has 1 aromatic heterocycles. The van der Waals surface area contributed by atoms with Gasteiger partial charge in [0.1, 0.15) is 5.82 Å². The lowest BCUT2D eigenvalue weighted by Crippen LogP contribution is -2.27. The number of carbonyl (C=O) groups excluding carboxylic acids is 1. The van der Waals surface area contributed by atoms with E-state index in [4.69, 9.17) is 4.74 Å². The van der Waals surface area contributed by atoms with Crippen LogP contribution in [0, 0.1) is 0 Å². The van der Waals surface area contributed by atoms with Crippen LogP contribution in [0.1, 0.15) is 52.9 Å². The molecule has 1 atom stereocenters. The lowest BCUT2D eigenvalue weighted by atomic mass is 9.89. The molecule has 1 unspecified atom stereocenters. The fraction of sp³-hybridized carbons (Fsp3) is 0.429. The number of aryl methyl sites for hydroxylation is 2. The number of pyridine rings is 1. The predicted octanol–water partition coefficient (Wildman–Crippen LogP) is 3.51. The van der Waals surface area contributed by atoms with Crippen LogP contribution in [0.15, 0.2) is 36.5 Å². The number of nitrogens with zero attached hydrogens (tertiary/aromatic N) is 1. The van der Waals surface area contributed by atoms with E-state index in [1.807, 2.05) is 6.07 Å². The summed E-state index contributed by atoms with van der Waals surface area (Å²) >= 11 is 0. The van der Waals surface area contributed by atoms with E-state index in [1.165, 1.54) is 42.4 Å². The molecular formula is C21H27N3O2. The zero-order chi connectivity index (χ0) is 18.4. The third-order valence-electron chi connectivity index (χ3n) is 4.85. The number of carbonyl (C=O) groups is 1. The molecule has 138 valence electrons. The summed E-state index contributed by atoms with van der Waals surface area (Å²) in [6.07, 6.45) is 6.57. The number of rotatable bonds is 7. The first-order valence-corrected chi connectivity index (χ1v) is 9.29. The van der Waals surface area contributed by atoms with E-state index in [1.54, 1.807) is 19.4 Å². The number of benzene rings is 1. The van der Waals surface area contributed by atoms with E-state index in [0.29, 0.717) is 18.7 Å². The SMILES string of the molecule is COCCNC(=O)c1ccc(NC(C)c2ccc3c(c2)CCCC3)nc1. The smallest absolute Gasteiger partial charge is 0.252 e. The largest absolute Gasteiger partial charge is 0.383 e. The van der Waals surface area contributed by atoms with Crippen molar-refractivity contribution in [1.29, 1.82) is 0 Å². The first-order valence-electron chi connectivity index (χ1n) is 9.29. The average molecular weight is 353 g/mol. The highest BCUT2D eigenvalue weighted by Crippen LogP contribution is 2.26. The molecule has 1 aromatic carbocycles. The van der Waals surface area contributed by atoms with Crippen LogP contribution in [0.3, 0.4) is 0 Å². The Morgan fingerprint density at radius 3 is 2.73 bits per heavy atom. The second-order valence-electron chi connectivity index (χ2n) is 6.78. The molecule has 0 spiro atoms. The number of methoxy groups -OCH3 is 1. The van der Waals surface area contributed by atoms with Crippen molar-refractivity contribution in [2.45, 2.75) is 38.6 Å². The third-order valence-corrected chi connectivity index (χ3v) is 4.85. The molecule has 3 rings (SSSR count). The lowest BCUT2D eigenvalue weighted by molar-refractivity contribution is 0.0937. The van der Waals surface area contributed by atoms with Gasteiger partial charge in [0.15, 0.2) is 0 Å². The van der Waals surface area contributed by atoms with Gasteiger partial charge in [0.05, 0.1) is 12.2 Å². The number of hydrogen-bond donors (Lipinski definition) is 2. The lowest BCUT2D eigenvalue weighted by Gasteiger charge is -2.20. The highest BCUT2D eigenvalue weighted by molar-refractivity contribution is 5.94. The first kappa shape index (κ1) is 18.4. The molecule has 5 nitrogen and oxygen atoms in total. The molecule has 0 fully saturated rings. The van der Waals surface area contributed by atoms with Crippen molar-refractivity contribution in [1.82, 2.24) is 10.3 Å². The summed E-state index contributed by atoms with van der Waals surface area (Å²) in [7, 11) is 1.61. The van der Waals surface area contributed by atoms with Crippen LogP contribution in [0.4, 0.5) is 5.82 Å². The molecule has 1 aliphatic carbocycles. The van der Waals surface area contributed by atoms with E-state index in [0.717, 1.165) is 5.82 Å². The summed E-state index contributed by atoms with van der Waals surface area (Å²) in [5, 5.41) is 6.21. The second kappa shape index (κ2) is 8.81. The molecule has 5 heteroatoms. The zero-order valence-corrected chi connectivity index (χ0v) is 15.5. The Kier molecular flexibility index (Phi) is 6.23. The molecular weight excluding hydrogens is 326 g/mol. The van der Waals surface area contributed by atoms with E-state index < -0.39 is 0 Å². The molecule has 0 radical (unpaired) electrons. The molecule has 0 saturated heterocycles. The molecule has 1 aliphatic rings. The fourth-order valence-corrected chi connectivity index (χ4v) is 3.31. The Morgan fingerprint density at radius 2 is 2.00 bits per heavy atom. The van der Waals surface area contributed by atoms with Gasteiger partial charge in [-0.2, -0.15) is 0 Å². The van der Waals surface area contributed by atoms with Gasteiger partial charge in [-0.15, -0.1) is 0 Å². The van der Waals surface area contributed by atoms with Crippen molar-refractivity contribution in [2.24, 2.45) is 0 Å². The number of anilines is 1. The number of hydrogen-bond acceptors (Lipinski definition) is 4. The molecule has 2 N–H and O–H groups in total. The topological polar surface area (TPSA) is 63.2 Å². The van der Waals surface area contributed by atoms with Crippen molar-refractivity contribution in [3.63, 3.8) is 0 Å². The molecule has 1 amide bonds. The number of ether oxygens (including phenoxy) is 1. The van der Waals surface area contributed by atoms with Gasteiger partial charge in [-0.05, 0) is 61.4 Å². The average Bonchev–Trinajstić information content (AvgIpc) is 2.68. The van der Waals surface area contributed by atoms with Crippen molar-refractivity contribution in [2.75, 3.05) is 25.6 Å². The van der Waals surface area contributed by atoms with Crippen LogP contribution in [-0.4, -0.2) is 31.2 Å². The standard InChI is InChI=1S/C21H27N3O2/c1-15(17-8-7-16-5-3-4-6-18(16)13-17)24-20-10-9-19(14-23-20)21(25)22-11-12-26-2/h7-10,13-15H,3-6,11-12H2,1-2H3,(H,22,25)(H,23,24). The van der Waals surface area contributed by atoms with Gasteiger partial charge < -0.3 is 15.4 Å². The maximum absolute atomic E-state index is 12.0. The van der Waals surface area contributed by atoms with Gasteiger partial charge in [-0.3, -0.25) is 4.79 Å². The van der Waals surface area contributed by atoms with Crippen LogP contribution in [0.25, 0.3) is 0 Å². The molecule has 0 bridgehead atoms. The Morgan fingerprint density at radius 1 is 1.19 bits per heavy atom. The number of amides is 1. The highest BCUT2D eigenvalue weighted by Gasteiger charge is 2.13. The highest BCUT2D eigenvalue weighted by atomic mass is 16.5. The van der Waals surface area contributed by atoms with Crippen molar-refractivity contribution >= 4 is 11.7 Å². The summed E-state index contributed by atoms with van der Waals surface area (Å²) in [5.41, 5.74) is 4.80. The molecule has 2 aromatic rings. The Balaban J connectivity index is 1.60. The molecule has 1 heterocycles. The van der Waals surface area contributed by atoms with E-state index in [-0.39, 0.29) is 11.9 Å².